The molecule has 0 aliphatic heterocycles. The van der Waals surface area contributed by atoms with Crippen LogP contribution < -0.4 is 15.4 Å². The lowest BCUT2D eigenvalue weighted by Crippen LogP contribution is -2.35. The normalized spacial score (nSPS) is 11.7. The smallest absolute Gasteiger partial charge is 0.119 e. The van der Waals surface area contributed by atoms with E-state index in [9.17, 15) is 0 Å². The van der Waals surface area contributed by atoms with E-state index in [1.54, 1.807) is 0 Å². The minimum Gasteiger partial charge on any atom is -0.489 e. The zero-order valence-electron chi connectivity index (χ0n) is 14.9. The van der Waals surface area contributed by atoms with Crippen molar-refractivity contribution in [3.05, 3.63) is 71.8 Å². The molecule has 0 heterocycles. The topological polar surface area (TPSA) is 38.5 Å². The van der Waals surface area contributed by atoms with Crippen molar-refractivity contribution in [3.63, 3.8) is 0 Å². The third-order valence-corrected chi connectivity index (χ3v) is 3.68. The first-order valence-corrected chi connectivity index (χ1v) is 8.45. The van der Waals surface area contributed by atoms with Gasteiger partial charge in [-0.3, -0.25) is 0 Å². The molecule has 0 spiro atoms. The van der Waals surface area contributed by atoms with E-state index in [0.29, 0.717) is 6.61 Å². The molecule has 2 rings (SSSR count). The molecule has 3 nitrogen and oxygen atoms in total. The Morgan fingerprint density at radius 3 is 2.33 bits per heavy atom. The molecule has 2 aromatic rings. The Bertz CT molecular complexity index is 629. The maximum Gasteiger partial charge on any atom is 0.119 e. The lowest BCUT2D eigenvalue weighted by Gasteiger charge is -2.25. The largest absolute Gasteiger partial charge is 0.489 e. The molecule has 0 aliphatic carbocycles. The van der Waals surface area contributed by atoms with Gasteiger partial charge in [-0.05, 0) is 50.6 Å². The minimum atomic E-state index is 0.129. The summed E-state index contributed by atoms with van der Waals surface area (Å²) in [4.78, 5) is 2.29. The Kier molecular flexibility index (Phi) is 6.89. The second-order valence-corrected chi connectivity index (χ2v) is 6.43. The van der Waals surface area contributed by atoms with Gasteiger partial charge in [-0.1, -0.05) is 42.0 Å². The highest BCUT2D eigenvalue weighted by Gasteiger charge is 2.08. The fourth-order valence-corrected chi connectivity index (χ4v) is 2.42. The van der Waals surface area contributed by atoms with Gasteiger partial charge in [-0.25, -0.2) is 0 Å². The van der Waals surface area contributed by atoms with E-state index in [1.165, 1.54) is 11.1 Å². The molecular weight excluding hydrogens is 296 g/mol. The second kappa shape index (κ2) is 9.14. The predicted molar refractivity (Wildman–Crippen MR) is 103 cm³/mol. The Hall–Kier alpha value is -2.26. The highest BCUT2D eigenvalue weighted by molar-refractivity contribution is 5.50. The van der Waals surface area contributed by atoms with Crippen LogP contribution in [-0.4, -0.2) is 19.1 Å². The van der Waals surface area contributed by atoms with E-state index in [1.807, 2.05) is 37.3 Å². The molecule has 0 saturated carbocycles. The van der Waals surface area contributed by atoms with Crippen LogP contribution in [0, 0.1) is 0 Å². The summed E-state index contributed by atoms with van der Waals surface area (Å²) in [6.45, 7) is 8.55. The molecule has 2 aromatic carbocycles. The first kappa shape index (κ1) is 18.1. The van der Waals surface area contributed by atoms with Crippen molar-refractivity contribution in [1.29, 1.82) is 0 Å². The molecule has 1 atom stereocenters. The van der Waals surface area contributed by atoms with Crippen LogP contribution in [0.3, 0.4) is 0 Å². The van der Waals surface area contributed by atoms with E-state index >= 15 is 0 Å². The lowest BCUT2D eigenvalue weighted by atomic mass is 10.2. The molecule has 0 radical (unpaired) electrons. The van der Waals surface area contributed by atoms with E-state index in [4.69, 9.17) is 10.5 Å². The SMILES string of the molecule is CC(C)=CCN(CC(C)N)c1ccc(OCc2ccccc2)cc1. The van der Waals surface area contributed by atoms with Crippen LogP contribution in [-0.2, 0) is 6.61 Å². The number of anilines is 1. The van der Waals surface area contributed by atoms with E-state index in [0.717, 1.165) is 24.5 Å². The molecule has 0 aliphatic rings. The Balaban J connectivity index is 2.00. The third kappa shape index (κ3) is 6.09. The number of allylic oxidation sites excluding steroid dienone is 1. The molecular formula is C21H28N2O. The number of hydrogen-bond acceptors (Lipinski definition) is 3. The summed E-state index contributed by atoms with van der Waals surface area (Å²) in [6.07, 6.45) is 2.22. The number of benzene rings is 2. The molecule has 0 fully saturated rings. The molecule has 0 amide bonds. The zero-order valence-corrected chi connectivity index (χ0v) is 14.9. The van der Waals surface area contributed by atoms with Gasteiger partial charge in [0, 0.05) is 24.8 Å². The second-order valence-electron chi connectivity index (χ2n) is 6.43. The maximum absolute atomic E-state index is 5.99. The van der Waals surface area contributed by atoms with Gasteiger partial charge in [0.1, 0.15) is 12.4 Å². The van der Waals surface area contributed by atoms with Crippen molar-refractivity contribution in [2.24, 2.45) is 5.73 Å². The Morgan fingerprint density at radius 2 is 1.75 bits per heavy atom. The quantitative estimate of drug-likeness (QED) is 0.732. The number of nitrogens with zero attached hydrogens (tertiary/aromatic N) is 1. The molecule has 24 heavy (non-hydrogen) atoms. The summed E-state index contributed by atoms with van der Waals surface area (Å²) in [5.41, 5.74) is 9.64. The highest BCUT2D eigenvalue weighted by Crippen LogP contribution is 2.21. The third-order valence-electron chi connectivity index (χ3n) is 3.68. The van der Waals surface area contributed by atoms with Crippen molar-refractivity contribution in [3.8, 4) is 5.75 Å². The summed E-state index contributed by atoms with van der Waals surface area (Å²) in [5, 5.41) is 0. The van der Waals surface area contributed by atoms with Crippen LogP contribution in [0.2, 0.25) is 0 Å². The van der Waals surface area contributed by atoms with Gasteiger partial charge >= 0.3 is 0 Å². The van der Waals surface area contributed by atoms with Gasteiger partial charge in [0.2, 0.25) is 0 Å². The minimum absolute atomic E-state index is 0.129. The van der Waals surface area contributed by atoms with Gasteiger partial charge < -0.3 is 15.4 Å². The molecule has 3 heteroatoms. The van der Waals surface area contributed by atoms with Crippen molar-refractivity contribution in [2.75, 3.05) is 18.0 Å². The summed E-state index contributed by atoms with van der Waals surface area (Å²) in [6, 6.07) is 18.6. The van der Waals surface area contributed by atoms with Crippen molar-refractivity contribution >= 4 is 5.69 Å². The van der Waals surface area contributed by atoms with Crippen LogP contribution in [0.15, 0.2) is 66.2 Å². The summed E-state index contributed by atoms with van der Waals surface area (Å²) in [7, 11) is 0. The van der Waals surface area contributed by atoms with Gasteiger partial charge in [-0.15, -0.1) is 0 Å². The first-order valence-electron chi connectivity index (χ1n) is 8.45. The summed E-state index contributed by atoms with van der Waals surface area (Å²) < 4.78 is 5.85. The summed E-state index contributed by atoms with van der Waals surface area (Å²) in [5.74, 6) is 0.880. The zero-order chi connectivity index (χ0) is 17.4. The maximum atomic E-state index is 5.99. The van der Waals surface area contributed by atoms with Crippen LogP contribution in [0.5, 0.6) is 5.75 Å². The lowest BCUT2D eigenvalue weighted by molar-refractivity contribution is 0.306. The van der Waals surface area contributed by atoms with Crippen LogP contribution in [0.4, 0.5) is 5.69 Å². The first-order chi connectivity index (χ1) is 11.5. The van der Waals surface area contributed by atoms with Gasteiger partial charge in [-0.2, -0.15) is 0 Å². The van der Waals surface area contributed by atoms with Crippen molar-refractivity contribution in [2.45, 2.75) is 33.4 Å². The standard InChI is InChI=1S/C21H28N2O/c1-17(2)13-14-23(15-18(3)22)20-9-11-21(12-10-20)24-16-19-7-5-4-6-8-19/h4-13,18H,14-16,22H2,1-3H3. The van der Waals surface area contributed by atoms with Crippen molar-refractivity contribution in [1.82, 2.24) is 0 Å². The van der Waals surface area contributed by atoms with Gasteiger partial charge in [0.05, 0.1) is 0 Å². The number of ether oxygens (including phenoxy) is 1. The molecule has 2 N–H and O–H groups in total. The average molecular weight is 324 g/mol. The Labute approximate surface area is 145 Å². The number of hydrogen-bond donors (Lipinski definition) is 1. The molecule has 0 bridgehead atoms. The average Bonchev–Trinajstić information content (AvgIpc) is 2.58. The van der Waals surface area contributed by atoms with Crippen LogP contribution in [0.1, 0.15) is 26.3 Å². The monoisotopic (exact) mass is 324 g/mol. The van der Waals surface area contributed by atoms with Gasteiger partial charge in [0.15, 0.2) is 0 Å². The Morgan fingerprint density at radius 1 is 1.08 bits per heavy atom. The molecule has 0 aromatic heterocycles. The molecule has 128 valence electrons. The fraction of sp³-hybridized carbons (Fsp3) is 0.333. The van der Waals surface area contributed by atoms with Gasteiger partial charge in [0.25, 0.3) is 0 Å². The molecule has 1 unspecified atom stereocenters. The number of rotatable bonds is 8. The van der Waals surface area contributed by atoms with E-state index < -0.39 is 0 Å². The number of nitrogens with two attached hydrogens (primary N) is 1. The highest BCUT2D eigenvalue weighted by atomic mass is 16.5. The summed E-state index contributed by atoms with van der Waals surface area (Å²) >= 11 is 0. The molecule has 0 saturated heterocycles. The van der Waals surface area contributed by atoms with E-state index in [2.05, 4.69) is 49.1 Å². The van der Waals surface area contributed by atoms with Crippen LogP contribution in [0.25, 0.3) is 0 Å². The fourth-order valence-electron chi connectivity index (χ4n) is 2.42. The van der Waals surface area contributed by atoms with Crippen molar-refractivity contribution < 1.29 is 4.74 Å². The van der Waals surface area contributed by atoms with E-state index in [-0.39, 0.29) is 6.04 Å². The van der Waals surface area contributed by atoms with Crippen LogP contribution >= 0.6 is 0 Å². The predicted octanol–water partition coefficient (Wildman–Crippen LogP) is 4.39.